The third-order valence-corrected chi connectivity index (χ3v) is 5.84. The number of amides is 2. The summed E-state index contributed by atoms with van der Waals surface area (Å²) < 4.78 is 2.11. The van der Waals surface area contributed by atoms with E-state index in [0.29, 0.717) is 16.8 Å². The molecule has 1 aromatic heterocycles. The summed E-state index contributed by atoms with van der Waals surface area (Å²) in [5.41, 5.74) is 6.01. The van der Waals surface area contributed by atoms with E-state index in [1.54, 1.807) is 12.1 Å². The van der Waals surface area contributed by atoms with Gasteiger partial charge in [-0.2, -0.15) is 0 Å². The van der Waals surface area contributed by atoms with Gasteiger partial charge in [-0.15, -0.1) is 0 Å². The Hall–Kier alpha value is -3.60. The van der Waals surface area contributed by atoms with Crippen LogP contribution in [-0.4, -0.2) is 21.5 Å². The number of carbonyl (C=O) groups is 2. The molecule has 0 spiro atoms. The molecule has 0 saturated carbocycles. The first-order chi connectivity index (χ1) is 14.2. The van der Waals surface area contributed by atoms with Gasteiger partial charge >= 0.3 is 0 Å². The van der Waals surface area contributed by atoms with Crippen LogP contribution in [0, 0.1) is 6.92 Å². The molecule has 30 heavy (non-hydrogen) atoms. The predicted octanol–water partition coefficient (Wildman–Crippen LogP) is 4.88. The number of benzene rings is 2. The first-order valence-corrected chi connectivity index (χ1v) is 9.85. The highest BCUT2D eigenvalue weighted by atomic mass is 16.3. The number of carbonyl (C=O) groups excluding carboxylic acids is 2. The highest BCUT2D eigenvalue weighted by Gasteiger charge is 2.42. The number of aromatic nitrogens is 1. The smallest absolute Gasteiger partial charge is 0.266 e. The Morgan fingerprint density at radius 1 is 0.867 bits per heavy atom. The second-order valence-corrected chi connectivity index (χ2v) is 7.87. The van der Waals surface area contributed by atoms with Crippen LogP contribution in [0.3, 0.4) is 0 Å². The number of anilines is 1. The maximum atomic E-state index is 13.5. The van der Waals surface area contributed by atoms with E-state index in [2.05, 4.69) is 10.6 Å². The predicted molar refractivity (Wildman–Crippen MR) is 119 cm³/mol. The Balaban J connectivity index is 1.99. The molecule has 5 heteroatoms. The molecule has 4 rings (SSSR count). The van der Waals surface area contributed by atoms with E-state index in [9.17, 15) is 14.7 Å². The number of phenols is 1. The van der Waals surface area contributed by atoms with Crippen molar-refractivity contribution in [3.8, 4) is 5.75 Å². The zero-order valence-electron chi connectivity index (χ0n) is 17.8. The fourth-order valence-corrected chi connectivity index (χ4v) is 4.30. The number of para-hydroxylation sites is 1. The number of aryl methyl sites for hydroxylation is 1. The Labute approximate surface area is 175 Å². The third kappa shape index (κ3) is 2.77. The van der Waals surface area contributed by atoms with Gasteiger partial charge in [0, 0.05) is 29.2 Å². The van der Waals surface area contributed by atoms with Crippen molar-refractivity contribution in [3.63, 3.8) is 0 Å². The molecule has 2 aromatic carbocycles. The SMILES string of the molecule is CC(C)=C1C(=O)N(c2ccc(O)cc2)C(=O)/C1=C(\C)c1c(C)n(C)c2ccccc12. The fraction of sp³-hybridized carbons (Fsp3) is 0.200. The van der Waals surface area contributed by atoms with Gasteiger partial charge in [-0.25, -0.2) is 4.90 Å². The lowest BCUT2D eigenvalue weighted by atomic mass is 9.93. The molecule has 0 bridgehead atoms. The molecular formula is C25H24N2O3. The number of nitrogens with zero attached hydrogens (tertiary/aromatic N) is 2. The topological polar surface area (TPSA) is 62.5 Å². The Morgan fingerprint density at radius 2 is 1.47 bits per heavy atom. The molecule has 0 unspecified atom stereocenters. The molecule has 0 atom stereocenters. The molecule has 1 N–H and O–H groups in total. The number of fused-ring (bicyclic) bond motifs is 1. The lowest BCUT2D eigenvalue weighted by molar-refractivity contribution is -0.119. The standard InChI is InChI=1S/C25H24N2O3/c1-14(2)21-23(25(30)27(24(21)29)17-10-12-18(28)13-11-17)15(3)22-16(4)26(5)20-9-7-6-8-19(20)22/h6-13,28H,1-5H3/b23-15+. The van der Waals surface area contributed by atoms with E-state index in [0.717, 1.165) is 33.3 Å². The maximum Gasteiger partial charge on any atom is 0.266 e. The van der Waals surface area contributed by atoms with Gasteiger partial charge < -0.3 is 9.67 Å². The molecule has 1 saturated heterocycles. The molecule has 2 heterocycles. The van der Waals surface area contributed by atoms with Crippen molar-refractivity contribution in [2.45, 2.75) is 27.7 Å². The molecule has 2 amide bonds. The molecule has 5 nitrogen and oxygen atoms in total. The summed E-state index contributed by atoms with van der Waals surface area (Å²) in [5.74, 6) is -0.594. The minimum atomic E-state index is -0.341. The van der Waals surface area contributed by atoms with Crippen molar-refractivity contribution in [1.29, 1.82) is 0 Å². The zero-order valence-corrected chi connectivity index (χ0v) is 17.8. The van der Waals surface area contributed by atoms with Crippen LogP contribution in [0.2, 0.25) is 0 Å². The lowest BCUT2D eigenvalue weighted by Crippen LogP contribution is -2.29. The minimum absolute atomic E-state index is 0.0820. The quantitative estimate of drug-likeness (QED) is 0.493. The summed E-state index contributed by atoms with van der Waals surface area (Å²) in [4.78, 5) is 28.0. The Kier molecular flexibility index (Phi) is 4.61. The molecule has 0 radical (unpaired) electrons. The van der Waals surface area contributed by atoms with Crippen LogP contribution in [0.4, 0.5) is 5.69 Å². The van der Waals surface area contributed by atoms with Crippen molar-refractivity contribution >= 4 is 34.0 Å². The van der Waals surface area contributed by atoms with Crippen LogP contribution in [0.5, 0.6) is 5.75 Å². The van der Waals surface area contributed by atoms with E-state index < -0.39 is 0 Å². The first kappa shape index (κ1) is 19.7. The Bertz CT molecular complexity index is 1270. The summed E-state index contributed by atoms with van der Waals surface area (Å²) in [5, 5.41) is 10.6. The van der Waals surface area contributed by atoms with Gasteiger partial charge in [-0.05, 0) is 63.6 Å². The monoisotopic (exact) mass is 400 g/mol. The van der Waals surface area contributed by atoms with Crippen LogP contribution in [0.25, 0.3) is 16.5 Å². The highest BCUT2D eigenvalue weighted by molar-refractivity contribution is 6.39. The van der Waals surface area contributed by atoms with Crippen LogP contribution in [-0.2, 0) is 16.6 Å². The molecular weight excluding hydrogens is 376 g/mol. The van der Waals surface area contributed by atoms with E-state index in [-0.39, 0.29) is 17.6 Å². The molecule has 1 aliphatic rings. The number of phenolic OH excluding ortho intramolecular Hbond substituents is 1. The number of allylic oxidation sites excluding steroid dienone is 2. The number of imide groups is 1. The minimum Gasteiger partial charge on any atom is -0.508 e. The summed E-state index contributed by atoms with van der Waals surface area (Å²) in [6.45, 7) is 7.65. The van der Waals surface area contributed by atoms with Gasteiger partial charge in [0.1, 0.15) is 5.75 Å². The van der Waals surface area contributed by atoms with Crippen molar-refractivity contribution in [1.82, 2.24) is 4.57 Å². The van der Waals surface area contributed by atoms with Crippen LogP contribution >= 0.6 is 0 Å². The van der Waals surface area contributed by atoms with Gasteiger partial charge in [-0.1, -0.05) is 23.8 Å². The van der Waals surface area contributed by atoms with Crippen molar-refractivity contribution < 1.29 is 14.7 Å². The summed E-state index contributed by atoms with van der Waals surface area (Å²) in [6, 6.07) is 14.2. The van der Waals surface area contributed by atoms with E-state index in [1.807, 2.05) is 52.9 Å². The maximum absolute atomic E-state index is 13.5. The van der Waals surface area contributed by atoms with E-state index in [1.165, 1.54) is 17.0 Å². The molecule has 152 valence electrons. The van der Waals surface area contributed by atoms with Gasteiger partial charge in [0.2, 0.25) is 0 Å². The van der Waals surface area contributed by atoms with Crippen LogP contribution in [0.1, 0.15) is 32.0 Å². The molecule has 3 aromatic rings. The van der Waals surface area contributed by atoms with Crippen molar-refractivity contribution in [2.75, 3.05) is 4.90 Å². The lowest BCUT2D eigenvalue weighted by Gasteiger charge is -2.13. The van der Waals surface area contributed by atoms with Gasteiger partial charge in [0.05, 0.1) is 16.8 Å². The second kappa shape index (κ2) is 7.02. The van der Waals surface area contributed by atoms with Crippen LogP contribution in [0.15, 0.2) is 65.3 Å². The fourth-order valence-electron chi connectivity index (χ4n) is 4.30. The number of hydrogen-bond donors (Lipinski definition) is 1. The van der Waals surface area contributed by atoms with Crippen molar-refractivity contribution in [3.05, 3.63) is 76.5 Å². The highest BCUT2D eigenvalue weighted by Crippen LogP contribution is 2.40. The largest absolute Gasteiger partial charge is 0.508 e. The van der Waals surface area contributed by atoms with Gasteiger partial charge in [0.25, 0.3) is 11.8 Å². The van der Waals surface area contributed by atoms with E-state index in [4.69, 9.17) is 0 Å². The average Bonchev–Trinajstić information content (AvgIpc) is 3.13. The normalized spacial score (nSPS) is 16.0. The summed E-state index contributed by atoms with van der Waals surface area (Å²) in [6.07, 6.45) is 0. The van der Waals surface area contributed by atoms with Gasteiger partial charge in [-0.3, -0.25) is 9.59 Å². The average molecular weight is 400 g/mol. The summed E-state index contributed by atoms with van der Waals surface area (Å²) in [7, 11) is 2.01. The number of rotatable bonds is 2. The second-order valence-electron chi connectivity index (χ2n) is 7.87. The molecule has 1 fully saturated rings. The molecule has 1 aliphatic heterocycles. The van der Waals surface area contributed by atoms with Crippen molar-refractivity contribution in [2.24, 2.45) is 7.05 Å². The van der Waals surface area contributed by atoms with E-state index >= 15 is 0 Å². The zero-order chi connectivity index (χ0) is 21.7. The summed E-state index contributed by atoms with van der Waals surface area (Å²) >= 11 is 0. The van der Waals surface area contributed by atoms with Crippen LogP contribution < -0.4 is 4.90 Å². The first-order valence-electron chi connectivity index (χ1n) is 9.85. The van der Waals surface area contributed by atoms with Gasteiger partial charge in [0.15, 0.2) is 0 Å². The Morgan fingerprint density at radius 3 is 2.10 bits per heavy atom. The third-order valence-electron chi connectivity index (χ3n) is 5.84. The number of aromatic hydroxyl groups is 1. The molecule has 0 aliphatic carbocycles. The number of hydrogen-bond acceptors (Lipinski definition) is 3.